The van der Waals surface area contributed by atoms with Crippen LogP contribution in [0.4, 0.5) is 0 Å². The minimum atomic E-state index is -0.335. The number of thiocarbonyl (C=S) groups is 1. The van der Waals surface area contributed by atoms with E-state index in [9.17, 15) is 9.59 Å². The van der Waals surface area contributed by atoms with Crippen LogP contribution in [-0.2, 0) is 16.0 Å². The molecule has 9 heteroatoms. The van der Waals surface area contributed by atoms with E-state index in [4.69, 9.17) is 21.7 Å². The fourth-order valence-electron chi connectivity index (χ4n) is 3.19. The molecule has 0 spiro atoms. The smallest absolute Gasteiger partial charge is 0.269 e. The second-order valence-electron chi connectivity index (χ2n) is 6.99. The Balaban J connectivity index is 1.78. The Morgan fingerprint density at radius 2 is 1.94 bits per heavy atom. The summed E-state index contributed by atoms with van der Waals surface area (Å²) in [6.07, 6.45) is 4.05. The second-order valence-corrected chi connectivity index (χ2v) is 8.67. The number of benzene rings is 1. The van der Waals surface area contributed by atoms with Crippen molar-refractivity contribution in [1.29, 1.82) is 0 Å². The zero-order valence-electron chi connectivity index (χ0n) is 17.6. The van der Waals surface area contributed by atoms with Crippen LogP contribution < -0.4 is 10.3 Å². The number of hydrogen-bond donors (Lipinski definition) is 0. The fourth-order valence-corrected chi connectivity index (χ4v) is 4.49. The molecule has 2 aromatic heterocycles. The van der Waals surface area contributed by atoms with E-state index < -0.39 is 0 Å². The second kappa shape index (κ2) is 9.64. The molecule has 1 aliphatic rings. The lowest BCUT2D eigenvalue weighted by molar-refractivity contribution is -0.122. The lowest BCUT2D eigenvalue weighted by Gasteiger charge is -2.13. The van der Waals surface area contributed by atoms with E-state index in [0.29, 0.717) is 33.8 Å². The van der Waals surface area contributed by atoms with Crippen molar-refractivity contribution in [2.75, 3.05) is 20.3 Å². The number of amides is 1. The molecule has 164 valence electrons. The van der Waals surface area contributed by atoms with Gasteiger partial charge in [0.05, 0.1) is 18.1 Å². The quantitative estimate of drug-likeness (QED) is 0.385. The Morgan fingerprint density at radius 3 is 2.66 bits per heavy atom. The van der Waals surface area contributed by atoms with Crippen molar-refractivity contribution in [3.63, 3.8) is 0 Å². The van der Waals surface area contributed by atoms with E-state index in [-0.39, 0.29) is 22.9 Å². The Labute approximate surface area is 194 Å². The summed E-state index contributed by atoms with van der Waals surface area (Å²) in [6, 6.07) is 12.9. The number of nitrogens with zero attached hydrogens (tertiary/aromatic N) is 3. The number of ether oxygens (including phenoxy) is 2. The Bertz CT molecular complexity index is 1270. The highest BCUT2D eigenvalue weighted by Crippen LogP contribution is 2.34. The summed E-state index contributed by atoms with van der Waals surface area (Å²) in [7, 11) is 1.56. The van der Waals surface area contributed by atoms with Crippen molar-refractivity contribution in [3.8, 4) is 11.6 Å². The van der Waals surface area contributed by atoms with Gasteiger partial charge in [-0.1, -0.05) is 49.1 Å². The van der Waals surface area contributed by atoms with Crippen LogP contribution in [0.5, 0.6) is 11.6 Å². The zero-order valence-corrected chi connectivity index (χ0v) is 19.2. The van der Waals surface area contributed by atoms with Crippen molar-refractivity contribution in [1.82, 2.24) is 14.3 Å². The monoisotopic (exact) mass is 467 g/mol. The predicted octanol–water partition coefficient (Wildman–Crippen LogP) is 3.90. The maximum absolute atomic E-state index is 13.3. The minimum Gasteiger partial charge on any atom is -0.438 e. The van der Waals surface area contributed by atoms with Gasteiger partial charge < -0.3 is 9.47 Å². The average Bonchev–Trinajstić information content (AvgIpc) is 3.07. The summed E-state index contributed by atoms with van der Waals surface area (Å²) in [5, 5.41) is 0. The predicted molar refractivity (Wildman–Crippen MR) is 129 cm³/mol. The normalized spacial score (nSPS) is 15.2. The van der Waals surface area contributed by atoms with Crippen molar-refractivity contribution in [3.05, 3.63) is 75.0 Å². The van der Waals surface area contributed by atoms with E-state index in [1.807, 2.05) is 24.3 Å². The molecule has 0 radical (unpaired) electrons. The van der Waals surface area contributed by atoms with Gasteiger partial charge in [-0.05, 0) is 42.3 Å². The van der Waals surface area contributed by atoms with Crippen LogP contribution in [0, 0.1) is 0 Å². The highest BCUT2D eigenvalue weighted by molar-refractivity contribution is 8.26. The number of carbonyl (C=O) groups is 1. The summed E-state index contributed by atoms with van der Waals surface area (Å²) in [5.41, 5.74) is 1.46. The molecular formula is C23H21N3O4S2. The first-order chi connectivity index (χ1) is 15.5. The molecule has 7 nitrogen and oxygen atoms in total. The van der Waals surface area contributed by atoms with Crippen LogP contribution in [0.1, 0.15) is 18.1 Å². The van der Waals surface area contributed by atoms with Crippen LogP contribution in [0.15, 0.2) is 58.4 Å². The van der Waals surface area contributed by atoms with Crippen LogP contribution >= 0.6 is 24.0 Å². The maximum Gasteiger partial charge on any atom is 0.269 e. The number of pyridine rings is 1. The largest absolute Gasteiger partial charge is 0.438 e. The first kappa shape index (κ1) is 22.2. The SMILES string of the molecule is CCc1ccc(Oc2nc3ccccn3c(=O)c2/C=C2\SC(=S)N(CCOC)C2=O)cc1. The lowest BCUT2D eigenvalue weighted by Crippen LogP contribution is -2.31. The van der Waals surface area contributed by atoms with E-state index >= 15 is 0 Å². The number of methoxy groups -OCH3 is 1. The van der Waals surface area contributed by atoms with Crippen LogP contribution in [0.2, 0.25) is 0 Å². The number of hydrogen-bond acceptors (Lipinski definition) is 7. The molecule has 1 aromatic carbocycles. The minimum absolute atomic E-state index is 0.132. The van der Waals surface area contributed by atoms with Gasteiger partial charge in [-0.25, -0.2) is 0 Å². The summed E-state index contributed by atoms with van der Waals surface area (Å²) in [6.45, 7) is 2.78. The zero-order chi connectivity index (χ0) is 22.7. The summed E-state index contributed by atoms with van der Waals surface area (Å²) >= 11 is 6.48. The average molecular weight is 468 g/mol. The van der Waals surface area contributed by atoms with Crippen molar-refractivity contribution in [2.45, 2.75) is 13.3 Å². The molecule has 4 rings (SSSR count). The van der Waals surface area contributed by atoms with E-state index in [1.54, 1.807) is 31.5 Å². The van der Waals surface area contributed by atoms with Gasteiger partial charge >= 0.3 is 0 Å². The van der Waals surface area contributed by atoms with Crippen molar-refractivity contribution >= 4 is 45.9 Å². The molecule has 0 atom stereocenters. The van der Waals surface area contributed by atoms with Gasteiger partial charge in [0, 0.05) is 13.3 Å². The van der Waals surface area contributed by atoms with Gasteiger partial charge in [-0.3, -0.25) is 18.9 Å². The molecule has 0 aliphatic carbocycles. The first-order valence-corrected chi connectivity index (χ1v) is 11.3. The lowest BCUT2D eigenvalue weighted by atomic mass is 10.2. The summed E-state index contributed by atoms with van der Waals surface area (Å²) in [4.78, 5) is 32.5. The highest BCUT2D eigenvalue weighted by Gasteiger charge is 2.32. The molecule has 1 fully saturated rings. The third-order valence-electron chi connectivity index (χ3n) is 4.95. The molecular weight excluding hydrogens is 446 g/mol. The Kier molecular flexibility index (Phi) is 6.69. The van der Waals surface area contributed by atoms with E-state index in [0.717, 1.165) is 18.2 Å². The van der Waals surface area contributed by atoms with Gasteiger partial charge in [-0.15, -0.1) is 0 Å². The molecule has 0 saturated carbocycles. The molecule has 32 heavy (non-hydrogen) atoms. The van der Waals surface area contributed by atoms with Crippen LogP contribution in [0.3, 0.4) is 0 Å². The number of thioether (sulfide) groups is 1. The molecule has 3 aromatic rings. The van der Waals surface area contributed by atoms with Crippen molar-refractivity contribution in [2.24, 2.45) is 0 Å². The van der Waals surface area contributed by atoms with Gasteiger partial charge in [0.1, 0.15) is 21.3 Å². The number of aromatic nitrogens is 2. The highest BCUT2D eigenvalue weighted by atomic mass is 32.2. The summed E-state index contributed by atoms with van der Waals surface area (Å²) in [5.74, 6) is 0.414. The van der Waals surface area contributed by atoms with Gasteiger partial charge in [0.15, 0.2) is 0 Å². The van der Waals surface area contributed by atoms with E-state index in [1.165, 1.54) is 20.9 Å². The third-order valence-corrected chi connectivity index (χ3v) is 6.33. The molecule has 0 unspecified atom stereocenters. The molecule has 1 amide bonds. The number of carbonyl (C=O) groups excluding carboxylic acids is 1. The fraction of sp³-hybridized carbons (Fsp3) is 0.217. The molecule has 1 saturated heterocycles. The van der Waals surface area contributed by atoms with Crippen LogP contribution in [0.25, 0.3) is 11.7 Å². The molecule has 3 heterocycles. The van der Waals surface area contributed by atoms with Gasteiger partial charge in [0.2, 0.25) is 5.88 Å². The molecule has 0 N–H and O–H groups in total. The Morgan fingerprint density at radius 1 is 1.16 bits per heavy atom. The van der Waals surface area contributed by atoms with E-state index in [2.05, 4.69) is 11.9 Å². The van der Waals surface area contributed by atoms with Gasteiger partial charge in [0.25, 0.3) is 11.5 Å². The van der Waals surface area contributed by atoms with Crippen molar-refractivity contribution < 1.29 is 14.3 Å². The third kappa shape index (κ3) is 4.45. The number of fused-ring (bicyclic) bond motifs is 1. The van der Waals surface area contributed by atoms with Gasteiger partial charge in [-0.2, -0.15) is 4.98 Å². The molecule has 1 aliphatic heterocycles. The van der Waals surface area contributed by atoms with Crippen LogP contribution in [-0.4, -0.2) is 44.8 Å². The Hall–Kier alpha value is -3.01. The first-order valence-electron chi connectivity index (χ1n) is 10.0. The number of rotatable bonds is 7. The maximum atomic E-state index is 13.3. The topological polar surface area (TPSA) is 73.1 Å². The standard InChI is InChI=1S/C23H21N3O4S2/c1-3-15-7-9-16(10-8-15)30-20-17(21(27)25-11-5-4-6-19(25)24-20)14-18-22(28)26(12-13-29-2)23(31)32-18/h4-11,14H,3,12-13H2,1-2H3/b18-14-. The molecule has 0 bridgehead atoms. The number of aryl methyl sites for hydroxylation is 1. The summed E-state index contributed by atoms with van der Waals surface area (Å²) < 4.78 is 12.9.